The Morgan fingerprint density at radius 2 is 1.67 bits per heavy atom. The van der Waals surface area contributed by atoms with Gasteiger partial charge in [0.1, 0.15) is 22.9 Å². The summed E-state index contributed by atoms with van der Waals surface area (Å²) in [6.45, 7) is 3.36. The first-order valence-electron chi connectivity index (χ1n) is 11.8. The van der Waals surface area contributed by atoms with Gasteiger partial charge in [0.25, 0.3) is 5.91 Å². The van der Waals surface area contributed by atoms with Gasteiger partial charge in [0.15, 0.2) is 11.5 Å². The molecular weight excluding hydrogens is 468 g/mol. The van der Waals surface area contributed by atoms with Crippen LogP contribution in [0.4, 0.5) is 14.5 Å². The monoisotopic (exact) mass is 495 g/mol. The molecule has 2 aliphatic heterocycles. The van der Waals surface area contributed by atoms with E-state index in [1.54, 1.807) is 7.11 Å². The van der Waals surface area contributed by atoms with Crippen LogP contribution in [0.3, 0.4) is 0 Å². The van der Waals surface area contributed by atoms with Crippen LogP contribution in [0.25, 0.3) is 0 Å². The lowest BCUT2D eigenvalue weighted by molar-refractivity contribution is 0.0921. The summed E-state index contributed by atoms with van der Waals surface area (Å²) in [5.74, 6) is -0.448. The van der Waals surface area contributed by atoms with E-state index in [0.29, 0.717) is 11.5 Å². The second-order valence-electron chi connectivity index (χ2n) is 8.66. The third-order valence-corrected chi connectivity index (χ3v) is 6.62. The Hall–Kier alpha value is -3.85. The van der Waals surface area contributed by atoms with E-state index in [1.165, 1.54) is 6.07 Å². The molecule has 7 nitrogen and oxygen atoms in total. The van der Waals surface area contributed by atoms with Crippen LogP contribution in [0.5, 0.6) is 17.2 Å². The SMILES string of the molecule is COc1ccc(N2CCN(C(CNC(=O)c3c(F)cccc3F)c3ccc4c(c3)OCO4)CC2)cc1. The zero-order valence-electron chi connectivity index (χ0n) is 19.9. The third kappa shape index (κ3) is 4.92. The fourth-order valence-corrected chi connectivity index (χ4v) is 4.66. The lowest BCUT2D eigenvalue weighted by Crippen LogP contribution is -2.50. The number of hydrogen-bond donors (Lipinski definition) is 1. The summed E-state index contributed by atoms with van der Waals surface area (Å²) in [5.41, 5.74) is 1.45. The molecule has 0 radical (unpaired) electrons. The van der Waals surface area contributed by atoms with Crippen LogP contribution in [0.15, 0.2) is 60.7 Å². The van der Waals surface area contributed by atoms with E-state index in [9.17, 15) is 13.6 Å². The minimum atomic E-state index is -0.889. The molecule has 3 aromatic rings. The highest BCUT2D eigenvalue weighted by Gasteiger charge is 2.28. The van der Waals surface area contributed by atoms with Gasteiger partial charge in [-0.1, -0.05) is 12.1 Å². The van der Waals surface area contributed by atoms with Crippen LogP contribution in [0, 0.1) is 11.6 Å². The van der Waals surface area contributed by atoms with Crippen LogP contribution >= 0.6 is 0 Å². The summed E-state index contributed by atoms with van der Waals surface area (Å²) in [6.07, 6.45) is 0. The Morgan fingerprint density at radius 1 is 0.972 bits per heavy atom. The largest absolute Gasteiger partial charge is 0.497 e. The standard InChI is InChI=1S/C27H27F2N3O4/c1-34-20-8-6-19(7-9-20)31-11-13-32(14-12-31)23(18-5-10-24-25(15-18)36-17-35-24)16-30-27(33)26-21(28)3-2-4-22(26)29/h2-10,15,23H,11-14,16-17H2,1H3,(H,30,33). The van der Waals surface area contributed by atoms with Gasteiger partial charge >= 0.3 is 0 Å². The smallest absolute Gasteiger partial charge is 0.257 e. The van der Waals surface area contributed by atoms with Crippen LogP contribution in [-0.2, 0) is 0 Å². The van der Waals surface area contributed by atoms with Crippen molar-refractivity contribution in [1.29, 1.82) is 0 Å². The first-order valence-corrected chi connectivity index (χ1v) is 11.8. The Labute approximate surface area is 208 Å². The molecule has 1 amide bonds. The molecule has 1 atom stereocenters. The third-order valence-electron chi connectivity index (χ3n) is 6.62. The molecule has 1 unspecified atom stereocenters. The second-order valence-corrected chi connectivity index (χ2v) is 8.66. The zero-order valence-corrected chi connectivity index (χ0v) is 19.9. The van der Waals surface area contributed by atoms with Crippen LogP contribution < -0.4 is 24.4 Å². The molecule has 3 aromatic carbocycles. The summed E-state index contributed by atoms with van der Waals surface area (Å²) in [6, 6.07) is 16.8. The Balaban J connectivity index is 1.33. The minimum absolute atomic E-state index is 0.160. The van der Waals surface area contributed by atoms with E-state index in [1.807, 2.05) is 42.5 Å². The molecule has 188 valence electrons. The lowest BCUT2D eigenvalue weighted by atomic mass is 10.0. The number of hydrogen-bond acceptors (Lipinski definition) is 6. The minimum Gasteiger partial charge on any atom is -0.497 e. The van der Waals surface area contributed by atoms with Gasteiger partial charge in [-0.05, 0) is 54.1 Å². The molecule has 1 fully saturated rings. The van der Waals surface area contributed by atoms with Crippen molar-refractivity contribution < 1.29 is 27.8 Å². The van der Waals surface area contributed by atoms with Crippen molar-refractivity contribution in [1.82, 2.24) is 10.2 Å². The van der Waals surface area contributed by atoms with E-state index in [2.05, 4.69) is 15.1 Å². The Morgan fingerprint density at radius 3 is 2.36 bits per heavy atom. The van der Waals surface area contributed by atoms with Crippen molar-refractivity contribution in [2.24, 2.45) is 0 Å². The number of rotatable bonds is 7. The molecule has 2 aliphatic rings. The molecule has 0 bridgehead atoms. The predicted octanol–water partition coefficient (Wildman–Crippen LogP) is 4.00. The van der Waals surface area contributed by atoms with Crippen LogP contribution in [0.1, 0.15) is 22.0 Å². The predicted molar refractivity (Wildman–Crippen MR) is 131 cm³/mol. The number of ether oxygens (including phenoxy) is 3. The molecule has 1 N–H and O–H groups in total. The van der Waals surface area contributed by atoms with Crippen molar-refractivity contribution in [3.8, 4) is 17.2 Å². The zero-order chi connectivity index (χ0) is 25.1. The Bertz CT molecular complexity index is 1210. The average molecular weight is 496 g/mol. The summed E-state index contributed by atoms with van der Waals surface area (Å²) < 4.78 is 44.5. The van der Waals surface area contributed by atoms with Gasteiger partial charge < -0.3 is 24.4 Å². The summed E-state index contributed by atoms with van der Waals surface area (Å²) >= 11 is 0. The number of nitrogens with zero attached hydrogens (tertiary/aromatic N) is 2. The molecule has 2 heterocycles. The molecular formula is C27H27F2N3O4. The number of methoxy groups -OCH3 is 1. The molecule has 36 heavy (non-hydrogen) atoms. The van der Waals surface area contributed by atoms with Gasteiger partial charge in [-0.25, -0.2) is 8.78 Å². The van der Waals surface area contributed by atoms with Crippen LogP contribution in [0.2, 0.25) is 0 Å². The van der Waals surface area contributed by atoms with Gasteiger partial charge in [-0.2, -0.15) is 0 Å². The quantitative estimate of drug-likeness (QED) is 0.535. The van der Waals surface area contributed by atoms with Crippen molar-refractivity contribution >= 4 is 11.6 Å². The first-order chi connectivity index (χ1) is 17.5. The molecule has 0 aliphatic carbocycles. The van der Waals surface area contributed by atoms with Gasteiger partial charge in [0.05, 0.1) is 13.2 Å². The number of piperazine rings is 1. The number of anilines is 1. The molecule has 0 aromatic heterocycles. The number of benzene rings is 3. The highest BCUT2D eigenvalue weighted by Crippen LogP contribution is 2.36. The van der Waals surface area contributed by atoms with Gasteiger partial charge in [-0.3, -0.25) is 9.69 Å². The van der Waals surface area contributed by atoms with Crippen molar-refractivity contribution in [2.45, 2.75) is 6.04 Å². The number of carbonyl (C=O) groups excluding carboxylic acids is 1. The van der Waals surface area contributed by atoms with Crippen molar-refractivity contribution in [3.05, 3.63) is 83.4 Å². The molecule has 0 spiro atoms. The number of fused-ring (bicyclic) bond motifs is 1. The maximum atomic E-state index is 14.1. The van der Waals surface area contributed by atoms with Crippen molar-refractivity contribution in [3.63, 3.8) is 0 Å². The number of amides is 1. The molecule has 1 saturated heterocycles. The number of carbonyl (C=O) groups is 1. The van der Waals surface area contributed by atoms with E-state index < -0.39 is 23.1 Å². The van der Waals surface area contributed by atoms with Crippen LogP contribution in [-0.4, -0.2) is 57.4 Å². The summed E-state index contributed by atoms with van der Waals surface area (Å²) in [5, 5.41) is 2.74. The normalized spacial score (nSPS) is 16.0. The number of halogens is 2. The summed E-state index contributed by atoms with van der Waals surface area (Å²) in [7, 11) is 1.64. The maximum Gasteiger partial charge on any atom is 0.257 e. The fourth-order valence-electron chi connectivity index (χ4n) is 4.66. The molecule has 5 rings (SSSR count). The molecule has 9 heteroatoms. The van der Waals surface area contributed by atoms with E-state index >= 15 is 0 Å². The highest BCUT2D eigenvalue weighted by atomic mass is 19.1. The first kappa shape index (κ1) is 23.9. The van der Waals surface area contributed by atoms with Gasteiger partial charge in [0, 0.05) is 38.4 Å². The topological polar surface area (TPSA) is 63.3 Å². The maximum absolute atomic E-state index is 14.1. The van der Waals surface area contributed by atoms with E-state index in [-0.39, 0.29) is 19.4 Å². The lowest BCUT2D eigenvalue weighted by Gasteiger charge is -2.40. The highest BCUT2D eigenvalue weighted by molar-refractivity contribution is 5.94. The number of nitrogens with one attached hydrogen (secondary N) is 1. The molecule has 0 saturated carbocycles. The average Bonchev–Trinajstić information content (AvgIpc) is 3.37. The van der Waals surface area contributed by atoms with Gasteiger partial charge in [-0.15, -0.1) is 0 Å². The second kappa shape index (κ2) is 10.4. The Kier molecular flexibility index (Phi) is 6.90. The summed E-state index contributed by atoms with van der Waals surface area (Å²) in [4.78, 5) is 17.3. The van der Waals surface area contributed by atoms with E-state index in [4.69, 9.17) is 14.2 Å². The van der Waals surface area contributed by atoms with E-state index in [0.717, 1.165) is 55.3 Å². The van der Waals surface area contributed by atoms with Gasteiger partial charge in [0.2, 0.25) is 6.79 Å². The van der Waals surface area contributed by atoms with Crippen molar-refractivity contribution in [2.75, 3.05) is 51.5 Å². The fraction of sp³-hybridized carbons (Fsp3) is 0.296.